The molecule has 2 fully saturated rings. The van der Waals surface area contributed by atoms with E-state index in [0.717, 1.165) is 66.7 Å². The molecular formula is C39H39FN2O2. The molecular weight excluding hydrogens is 547 g/mol. The van der Waals surface area contributed by atoms with Crippen molar-refractivity contribution in [3.63, 3.8) is 0 Å². The average Bonchev–Trinajstić information content (AvgIpc) is 3.91. The minimum absolute atomic E-state index is 0.0437. The van der Waals surface area contributed by atoms with Gasteiger partial charge in [-0.15, -0.1) is 0 Å². The van der Waals surface area contributed by atoms with Crippen molar-refractivity contribution in [1.82, 2.24) is 9.80 Å². The Hall–Kier alpha value is -3.77. The van der Waals surface area contributed by atoms with E-state index in [1.54, 1.807) is 0 Å². The molecule has 3 unspecified atom stereocenters. The van der Waals surface area contributed by atoms with Gasteiger partial charge in [-0.1, -0.05) is 97.1 Å². The first-order valence-corrected chi connectivity index (χ1v) is 16.1. The molecule has 4 atom stereocenters. The first-order chi connectivity index (χ1) is 21.7. The lowest BCUT2D eigenvalue weighted by molar-refractivity contribution is 0.0403. The number of alkyl halides is 1. The first kappa shape index (κ1) is 27.8. The Morgan fingerprint density at radius 3 is 2.11 bits per heavy atom. The molecule has 1 aliphatic heterocycles. The number of nitrogens with zero attached hydrogens (tertiary/aromatic N) is 2. The van der Waals surface area contributed by atoms with Gasteiger partial charge < -0.3 is 9.84 Å². The van der Waals surface area contributed by atoms with Gasteiger partial charge in [0.1, 0.15) is 24.6 Å². The van der Waals surface area contributed by atoms with E-state index < -0.39 is 12.3 Å². The zero-order valence-corrected chi connectivity index (χ0v) is 25.0. The number of aliphatic hydroxyl groups excluding tert-OH is 1. The molecule has 1 saturated heterocycles. The number of benzene rings is 5. The Bertz CT molecular complexity index is 1790. The number of aliphatic hydroxyl groups is 1. The zero-order chi connectivity index (χ0) is 29.6. The van der Waals surface area contributed by atoms with Crippen LogP contribution in [0.5, 0.6) is 5.75 Å². The predicted octanol–water partition coefficient (Wildman–Crippen LogP) is 7.66. The number of fused-ring (bicyclic) bond motifs is 5. The lowest BCUT2D eigenvalue weighted by Gasteiger charge is -2.40. The molecule has 5 aromatic rings. The van der Waals surface area contributed by atoms with E-state index >= 15 is 4.39 Å². The van der Waals surface area contributed by atoms with Gasteiger partial charge in [-0.2, -0.15) is 0 Å². The Labute approximate surface area is 258 Å². The van der Waals surface area contributed by atoms with Crippen LogP contribution < -0.4 is 4.74 Å². The largest absolute Gasteiger partial charge is 0.490 e. The molecule has 224 valence electrons. The molecule has 3 aliphatic rings. The molecule has 0 spiro atoms. The van der Waals surface area contributed by atoms with Gasteiger partial charge in [0.15, 0.2) is 0 Å². The average molecular weight is 587 g/mol. The van der Waals surface area contributed by atoms with Crippen LogP contribution in [0.15, 0.2) is 103 Å². The number of ether oxygens (including phenoxy) is 1. The lowest BCUT2D eigenvalue weighted by atomic mass is 9.85. The van der Waals surface area contributed by atoms with E-state index in [0.29, 0.717) is 12.5 Å². The van der Waals surface area contributed by atoms with Gasteiger partial charge in [-0.3, -0.25) is 9.80 Å². The molecule has 5 heteroatoms. The summed E-state index contributed by atoms with van der Waals surface area (Å²) in [6.45, 7) is 4.24. The Kier molecular flexibility index (Phi) is 7.33. The van der Waals surface area contributed by atoms with Gasteiger partial charge in [-0.25, -0.2) is 4.39 Å². The fourth-order valence-corrected chi connectivity index (χ4v) is 7.81. The van der Waals surface area contributed by atoms with Gasteiger partial charge >= 0.3 is 0 Å². The summed E-state index contributed by atoms with van der Waals surface area (Å²) in [6.07, 6.45) is 0.674. The number of piperazine rings is 1. The van der Waals surface area contributed by atoms with Gasteiger partial charge in [-0.05, 0) is 63.2 Å². The molecule has 0 radical (unpaired) electrons. The summed E-state index contributed by atoms with van der Waals surface area (Å²) in [6, 6.07) is 35.6. The minimum atomic E-state index is -0.971. The summed E-state index contributed by atoms with van der Waals surface area (Å²) in [5, 5.41) is 15.7. The van der Waals surface area contributed by atoms with Gasteiger partial charge in [0, 0.05) is 44.0 Å². The van der Waals surface area contributed by atoms with Gasteiger partial charge in [0.05, 0.1) is 6.04 Å². The van der Waals surface area contributed by atoms with Crippen molar-refractivity contribution in [1.29, 1.82) is 0 Å². The maximum absolute atomic E-state index is 16.3. The van der Waals surface area contributed by atoms with Crippen LogP contribution >= 0.6 is 0 Å². The van der Waals surface area contributed by atoms with E-state index in [1.807, 2.05) is 24.3 Å². The lowest BCUT2D eigenvalue weighted by Crippen LogP contribution is -2.50. The second kappa shape index (κ2) is 11.6. The van der Waals surface area contributed by atoms with Crippen molar-refractivity contribution in [3.8, 4) is 5.75 Å². The van der Waals surface area contributed by atoms with E-state index in [-0.39, 0.29) is 18.6 Å². The third kappa shape index (κ3) is 5.07. The van der Waals surface area contributed by atoms with Crippen molar-refractivity contribution in [3.05, 3.63) is 125 Å². The van der Waals surface area contributed by atoms with Crippen LogP contribution in [-0.2, 0) is 0 Å². The zero-order valence-electron chi connectivity index (χ0n) is 25.0. The quantitative estimate of drug-likeness (QED) is 0.199. The smallest absolute Gasteiger partial charge is 0.133 e. The van der Waals surface area contributed by atoms with E-state index in [2.05, 4.69) is 88.7 Å². The highest BCUT2D eigenvalue weighted by molar-refractivity contribution is 6.09. The molecule has 44 heavy (non-hydrogen) atoms. The fourth-order valence-electron chi connectivity index (χ4n) is 7.81. The van der Waals surface area contributed by atoms with E-state index in [9.17, 15) is 5.11 Å². The highest BCUT2D eigenvalue weighted by atomic mass is 19.1. The molecule has 4 nitrogen and oxygen atoms in total. The first-order valence-electron chi connectivity index (χ1n) is 16.1. The highest BCUT2D eigenvalue weighted by Crippen LogP contribution is 2.55. The van der Waals surface area contributed by atoms with Crippen LogP contribution in [0.2, 0.25) is 0 Å². The summed E-state index contributed by atoms with van der Waals surface area (Å²) in [7, 11) is 0. The summed E-state index contributed by atoms with van der Waals surface area (Å²) in [5.74, 6) is 1.18. The highest BCUT2D eigenvalue weighted by Gasteiger charge is 2.44. The van der Waals surface area contributed by atoms with E-state index in [4.69, 9.17) is 4.74 Å². The molecule has 0 bridgehead atoms. The van der Waals surface area contributed by atoms with Crippen molar-refractivity contribution >= 4 is 21.5 Å². The second-order valence-corrected chi connectivity index (χ2v) is 12.9. The van der Waals surface area contributed by atoms with Crippen LogP contribution in [0, 0.1) is 5.92 Å². The third-order valence-electron chi connectivity index (χ3n) is 10.1. The Morgan fingerprint density at radius 1 is 0.682 bits per heavy atom. The maximum Gasteiger partial charge on any atom is 0.133 e. The summed E-state index contributed by atoms with van der Waals surface area (Å²) in [4.78, 5) is 4.86. The Morgan fingerprint density at radius 2 is 1.34 bits per heavy atom. The van der Waals surface area contributed by atoms with Crippen molar-refractivity contribution in [2.45, 2.75) is 37.1 Å². The molecule has 0 amide bonds. The van der Waals surface area contributed by atoms with Gasteiger partial charge in [0.25, 0.3) is 0 Å². The number of rotatable bonds is 7. The van der Waals surface area contributed by atoms with Crippen LogP contribution in [-0.4, -0.2) is 60.3 Å². The molecule has 1 saturated carbocycles. The second-order valence-electron chi connectivity index (χ2n) is 12.9. The van der Waals surface area contributed by atoms with Crippen molar-refractivity contribution < 1.29 is 14.2 Å². The van der Waals surface area contributed by atoms with Gasteiger partial charge in [0.2, 0.25) is 0 Å². The molecule has 8 rings (SSSR count). The standard InChI is InChI=1S/C39H39FN2O2/c40-38-33-11-4-6-13-35(33)39(34-12-5-3-10-32(34)37(38)27-16-17-27)42-22-20-41(21-23-42)24-28(43)25-44-36-15-7-14-30-29-9-2-1-8-26(29)18-19-31(30)36/h1-15,18-19,27-28,37-39,43H,16-17,20-25H2/t28-,37?,38?,39?/m1/s1. The molecule has 5 aromatic carbocycles. The number of hydrogen-bond donors (Lipinski definition) is 1. The SMILES string of the molecule is O[C@@H](COc1cccc2c1ccc1ccccc12)CN1CCN(C2c3ccccc3C(F)C(C3CC3)c3ccccc32)CC1. The predicted molar refractivity (Wildman–Crippen MR) is 175 cm³/mol. The fraction of sp³-hybridized carbons (Fsp3) is 0.333. The summed E-state index contributed by atoms with van der Waals surface area (Å²) < 4.78 is 22.5. The monoisotopic (exact) mass is 586 g/mol. The summed E-state index contributed by atoms with van der Waals surface area (Å²) in [5.41, 5.74) is 4.43. The Balaban J connectivity index is 0.957. The van der Waals surface area contributed by atoms with Crippen LogP contribution in [0.25, 0.3) is 21.5 Å². The molecule has 0 aromatic heterocycles. The normalized spacial score (nSPS) is 23.2. The van der Waals surface area contributed by atoms with E-state index in [1.165, 1.54) is 21.9 Å². The molecule has 1 N–H and O–H groups in total. The van der Waals surface area contributed by atoms with Crippen LogP contribution in [0.4, 0.5) is 4.39 Å². The van der Waals surface area contributed by atoms with Crippen molar-refractivity contribution in [2.24, 2.45) is 5.92 Å². The summed E-state index contributed by atoms with van der Waals surface area (Å²) >= 11 is 0. The topological polar surface area (TPSA) is 35.9 Å². The van der Waals surface area contributed by atoms with Crippen LogP contribution in [0.3, 0.4) is 0 Å². The number of halogens is 1. The number of β-amino-alcohol motifs (C(OH)–C–C–N with tert-alkyl or cyclic N) is 1. The third-order valence-corrected chi connectivity index (χ3v) is 10.1. The molecule has 2 aliphatic carbocycles. The maximum atomic E-state index is 16.3. The molecule has 1 heterocycles. The minimum Gasteiger partial charge on any atom is -0.490 e. The van der Waals surface area contributed by atoms with Crippen molar-refractivity contribution in [2.75, 3.05) is 39.3 Å². The van der Waals surface area contributed by atoms with Crippen LogP contribution in [0.1, 0.15) is 53.2 Å². The number of hydrogen-bond acceptors (Lipinski definition) is 4.